The fraction of sp³-hybridized carbons (Fsp3) is 0.600. The van der Waals surface area contributed by atoms with Crippen molar-refractivity contribution < 1.29 is 4.39 Å². The highest BCUT2D eigenvalue weighted by atomic mass is 79.9. The van der Waals surface area contributed by atoms with E-state index in [1.807, 2.05) is 12.1 Å². The molecular weight excluding hydrogens is 359 g/mol. The van der Waals surface area contributed by atoms with Gasteiger partial charge in [-0.15, -0.1) is 0 Å². The molecule has 18 heavy (non-hydrogen) atoms. The van der Waals surface area contributed by atoms with Gasteiger partial charge in [-0.1, -0.05) is 76.7 Å². The van der Waals surface area contributed by atoms with Gasteiger partial charge in [0.2, 0.25) is 0 Å². The smallest absolute Gasteiger partial charge is 0.127 e. The molecule has 0 spiro atoms. The second-order valence-electron chi connectivity index (χ2n) is 5.31. The van der Waals surface area contributed by atoms with Crippen molar-refractivity contribution in [1.82, 2.24) is 0 Å². The van der Waals surface area contributed by atoms with Gasteiger partial charge in [-0.25, -0.2) is 4.39 Å². The molecule has 0 fully saturated rings. The first-order valence-corrected chi connectivity index (χ1v) is 8.67. The van der Waals surface area contributed by atoms with E-state index in [0.29, 0.717) is 5.92 Å². The number of hydrogen-bond acceptors (Lipinski definition) is 0. The first-order chi connectivity index (χ1) is 8.55. The summed E-state index contributed by atoms with van der Waals surface area (Å²) < 4.78 is 14.0. The molecule has 0 aromatic heterocycles. The van der Waals surface area contributed by atoms with Crippen LogP contribution < -0.4 is 0 Å². The van der Waals surface area contributed by atoms with Crippen LogP contribution in [0.15, 0.2) is 24.3 Å². The standard InChI is InChI=1S/C15H21Br2F/c1-12(2)6-5-9-15(10-16,11-17)13-7-3-4-8-14(13)18/h3-4,7-8,12H,5-6,9-11H2,1-2H3. The molecule has 0 heterocycles. The average Bonchev–Trinajstić information content (AvgIpc) is 2.36. The van der Waals surface area contributed by atoms with Gasteiger partial charge in [0.1, 0.15) is 5.82 Å². The summed E-state index contributed by atoms with van der Waals surface area (Å²) in [5.41, 5.74) is 0.683. The molecule has 0 atom stereocenters. The van der Waals surface area contributed by atoms with Crippen LogP contribution in [-0.2, 0) is 5.41 Å². The van der Waals surface area contributed by atoms with Crippen LogP contribution in [0.1, 0.15) is 38.7 Å². The molecule has 102 valence electrons. The molecule has 1 aromatic carbocycles. The molecule has 0 saturated heterocycles. The molecule has 1 aromatic rings. The van der Waals surface area contributed by atoms with Crippen molar-refractivity contribution in [2.75, 3.05) is 10.7 Å². The summed E-state index contributed by atoms with van der Waals surface area (Å²) in [7, 11) is 0. The van der Waals surface area contributed by atoms with E-state index in [1.165, 1.54) is 6.42 Å². The maximum Gasteiger partial charge on any atom is 0.127 e. The lowest BCUT2D eigenvalue weighted by Crippen LogP contribution is -2.31. The second-order valence-corrected chi connectivity index (χ2v) is 6.43. The highest BCUT2D eigenvalue weighted by Gasteiger charge is 2.32. The Kier molecular flexibility index (Phi) is 6.86. The molecule has 1 rings (SSSR count). The maximum absolute atomic E-state index is 14.0. The second kappa shape index (κ2) is 7.64. The van der Waals surface area contributed by atoms with Gasteiger partial charge in [0.05, 0.1) is 0 Å². The topological polar surface area (TPSA) is 0 Å². The molecule has 0 bridgehead atoms. The molecule has 0 aliphatic carbocycles. The molecular formula is C15H21Br2F. The molecule has 3 heteroatoms. The number of hydrogen-bond donors (Lipinski definition) is 0. The van der Waals surface area contributed by atoms with Crippen molar-refractivity contribution in [1.29, 1.82) is 0 Å². The minimum atomic E-state index is -0.139. The van der Waals surface area contributed by atoms with Crippen molar-refractivity contribution in [2.45, 2.75) is 38.5 Å². The van der Waals surface area contributed by atoms with Gasteiger partial charge in [0.15, 0.2) is 0 Å². The molecule has 0 aliphatic heterocycles. The third-order valence-corrected chi connectivity index (χ3v) is 5.54. The van der Waals surface area contributed by atoms with Crippen molar-refractivity contribution in [3.63, 3.8) is 0 Å². The first kappa shape index (κ1) is 16.2. The van der Waals surface area contributed by atoms with Crippen LogP contribution in [0.5, 0.6) is 0 Å². The lowest BCUT2D eigenvalue weighted by Gasteiger charge is -2.31. The monoisotopic (exact) mass is 378 g/mol. The predicted octanol–water partition coefficient (Wildman–Crippen LogP) is 5.68. The summed E-state index contributed by atoms with van der Waals surface area (Å²) in [6.07, 6.45) is 3.32. The number of alkyl halides is 2. The fourth-order valence-electron chi connectivity index (χ4n) is 2.19. The zero-order valence-electron chi connectivity index (χ0n) is 11.1. The molecule has 0 unspecified atom stereocenters. The van der Waals surface area contributed by atoms with Gasteiger partial charge in [-0.2, -0.15) is 0 Å². The lowest BCUT2D eigenvalue weighted by atomic mass is 9.79. The first-order valence-electron chi connectivity index (χ1n) is 6.42. The Balaban J connectivity index is 2.89. The predicted molar refractivity (Wildman–Crippen MR) is 84.4 cm³/mol. The third-order valence-electron chi connectivity index (χ3n) is 3.39. The van der Waals surface area contributed by atoms with Crippen LogP contribution in [0, 0.1) is 11.7 Å². The van der Waals surface area contributed by atoms with Crippen LogP contribution >= 0.6 is 31.9 Å². The Morgan fingerprint density at radius 2 is 1.78 bits per heavy atom. The average molecular weight is 380 g/mol. The van der Waals surface area contributed by atoms with Gasteiger partial charge in [-0.05, 0) is 24.0 Å². The van der Waals surface area contributed by atoms with Gasteiger partial charge >= 0.3 is 0 Å². The van der Waals surface area contributed by atoms with E-state index in [1.54, 1.807) is 12.1 Å². The SMILES string of the molecule is CC(C)CCCC(CBr)(CBr)c1ccccc1F. The summed E-state index contributed by atoms with van der Waals surface area (Å²) in [5.74, 6) is 0.606. The van der Waals surface area contributed by atoms with Crippen LogP contribution in [0.2, 0.25) is 0 Å². The highest BCUT2D eigenvalue weighted by molar-refractivity contribution is 9.09. The number of halogens is 3. The van der Waals surface area contributed by atoms with E-state index in [4.69, 9.17) is 0 Å². The van der Waals surface area contributed by atoms with Crippen LogP contribution in [-0.4, -0.2) is 10.7 Å². The minimum absolute atomic E-state index is 0.0963. The largest absolute Gasteiger partial charge is 0.207 e. The molecule has 0 saturated carbocycles. The Morgan fingerprint density at radius 1 is 1.17 bits per heavy atom. The molecule has 0 aliphatic rings. The van der Waals surface area contributed by atoms with Crippen molar-refractivity contribution in [3.8, 4) is 0 Å². The number of benzene rings is 1. The van der Waals surface area contributed by atoms with Crippen molar-refractivity contribution in [2.24, 2.45) is 5.92 Å². The third kappa shape index (κ3) is 4.06. The van der Waals surface area contributed by atoms with Crippen LogP contribution in [0.4, 0.5) is 4.39 Å². The summed E-state index contributed by atoms with van der Waals surface area (Å²) >= 11 is 7.15. The summed E-state index contributed by atoms with van der Waals surface area (Å²) in [6.45, 7) is 4.46. The molecule has 0 amide bonds. The maximum atomic E-state index is 14.0. The normalized spacial score (nSPS) is 12.1. The van der Waals surface area contributed by atoms with E-state index in [0.717, 1.165) is 29.1 Å². The fourth-order valence-corrected chi connectivity index (χ4v) is 4.28. The molecule has 0 N–H and O–H groups in total. The van der Waals surface area contributed by atoms with Gasteiger partial charge in [0.25, 0.3) is 0 Å². The van der Waals surface area contributed by atoms with Gasteiger partial charge in [0, 0.05) is 16.1 Å². The van der Waals surface area contributed by atoms with Crippen molar-refractivity contribution in [3.05, 3.63) is 35.6 Å². The number of rotatable bonds is 7. The molecule has 0 radical (unpaired) electrons. The van der Waals surface area contributed by atoms with E-state index in [-0.39, 0.29) is 11.2 Å². The summed E-state index contributed by atoms with van der Waals surface area (Å²) in [6, 6.07) is 7.13. The summed E-state index contributed by atoms with van der Waals surface area (Å²) in [4.78, 5) is 0. The van der Waals surface area contributed by atoms with E-state index < -0.39 is 0 Å². The quantitative estimate of drug-likeness (QED) is 0.534. The van der Waals surface area contributed by atoms with E-state index in [2.05, 4.69) is 45.7 Å². The zero-order chi connectivity index (χ0) is 13.6. The minimum Gasteiger partial charge on any atom is -0.207 e. The van der Waals surface area contributed by atoms with Crippen LogP contribution in [0.25, 0.3) is 0 Å². The molecule has 0 nitrogen and oxygen atoms in total. The van der Waals surface area contributed by atoms with Gasteiger partial charge in [-0.3, -0.25) is 0 Å². The zero-order valence-corrected chi connectivity index (χ0v) is 14.2. The van der Waals surface area contributed by atoms with Crippen LogP contribution in [0.3, 0.4) is 0 Å². The van der Waals surface area contributed by atoms with E-state index >= 15 is 0 Å². The van der Waals surface area contributed by atoms with Crippen molar-refractivity contribution >= 4 is 31.9 Å². The van der Waals surface area contributed by atoms with Gasteiger partial charge < -0.3 is 0 Å². The Hall–Kier alpha value is 0.110. The Bertz CT molecular complexity index is 359. The lowest BCUT2D eigenvalue weighted by molar-refractivity contribution is 0.423. The Morgan fingerprint density at radius 3 is 2.28 bits per heavy atom. The Labute approximate surface area is 127 Å². The summed E-state index contributed by atoms with van der Waals surface area (Å²) in [5, 5.41) is 1.56. The van der Waals surface area contributed by atoms with E-state index in [9.17, 15) is 4.39 Å². The highest BCUT2D eigenvalue weighted by Crippen LogP contribution is 2.36.